The largest absolute Gasteiger partial charge is 0.478 e. The molecule has 0 aliphatic heterocycles. The molecule has 1 atom stereocenters. The van der Waals surface area contributed by atoms with Gasteiger partial charge in [0.2, 0.25) is 0 Å². The lowest BCUT2D eigenvalue weighted by Crippen LogP contribution is -2.22. The molecule has 1 aliphatic carbocycles. The number of aliphatic hydroxyl groups excluding tert-OH is 1. The average Bonchev–Trinajstić information content (AvgIpc) is 3.09. The minimum absolute atomic E-state index is 0.138. The molecule has 92 valence electrons. The molecule has 1 saturated carbocycles. The number of hydrogen-bond donors (Lipinski definition) is 3. The number of carbonyl (C=O) groups is 1. The Kier molecular flexibility index (Phi) is 3.28. The van der Waals surface area contributed by atoms with E-state index >= 15 is 0 Å². The minimum Gasteiger partial charge on any atom is -0.478 e. The minimum atomic E-state index is -1.01. The number of aliphatic hydroxyl groups is 1. The zero-order valence-electron chi connectivity index (χ0n) is 9.68. The van der Waals surface area contributed by atoms with Crippen molar-refractivity contribution in [1.82, 2.24) is 4.98 Å². The van der Waals surface area contributed by atoms with Crippen molar-refractivity contribution in [2.45, 2.75) is 25.9 Å². The van der Waals surface area contributed by atoms with Crippen LogP contribution in [0.1, 0.15) is 28.9 Å². The maximum absolute atomic E-state index is 11.0. The summed E-state index contributed by atoms with van der Waals surface area (Å²) in [6.07, 6.45) is 3.06. The molecule has 1 aromatic rings. The van der Waals surface area contributed by atoms with Gasteiger partial charge in [-0.1, -0.05) is 0 Å². The number of carboxylic acid groups (broad SMARTS) is 1. The number of aromatic nitrogens is 1. The standard InChI is InChI=1S/C12H16N2O3/c1-7-4-10(9(5-13-7)12(16)17)14-6-11(15)8-2-3-8/h4-5,8,11,15H,2-3,6H2,1H3,(H,13,14)(H,16,17). The van der Waals surface area contributed by atoms with Crippen molar-refractivity contribution in [3.63, 3.8) is 0 Å². The van der Waals surface area contributed by atoms with Crippen LogP contribution in [-0.4, -0.2) is 33.8 Å². The molecule has 17 heavy (non-hydrogen) atoms. The van der Waals surface area contributed by atoms with Gasteiger partial charge in [0.25, 0.3) is 0 Å². The highest BCUT2D eigenvalue weighted by Crippen LogP contribution is 2.32. The monoisotopic (exact) mass is 236 g/mol. The molecule has 1 aliphatic rings. The first kappa shape index (κ1) is 11.9. The summed E-state index contributed by atoms with van der Waals surface area (Å²) in [5.74, 6) is -0.639. The van der Waals surface area contributed by atoms with Crippen LogP contribution in [0, 0.1) is 12.8 Å². The summed E-state index contributed by atoms with van der Waals surface area (Å²) in [6.45, 7) is 2.18. The summed E-state index contributed by atoms with van der Waals surface area (Å²) in [6, 6.07) is 1.68. The molecular weight excluding hydrogens is 220 g/mol. The Balaban J connectivity index is 2.07. The van der Waals surface area contributed by atoms with E-state index in [1.54, 1.807) is 13.0 Å². The van der Waals surface area contributed by atoms with Crippen molar-refractivity contribution in [3.8, 4) is 0 Å². The molecule has 1 unspecified atom stereocenters. The van der Waals surface area contributed by atoms with Gasteiger partial charge in [-0.15, -0.1) is 0 Å². The van der Waals surface area contributed by atoms with Crippen molar-refractivity contribution >= 4 is 11.7 Å². The van der Waals surface area contributed by atoms with Crippen molar-refractivity contribution in [2.75, 3.05) is 11.9 Å². The highest BCUT2D eigenvalue weighted by Gasteiger charge is 2.29. The van der Waals surface area contributed by atoms with Crippen LogP contribution < -0.4 is 5.32 Å². The van der Waals surface area contributed by atoms with E-state index < -0.39 is 12.1 Å². The van der Waals surface area contributed by atoms with E-state index in [4.69, 9.17) is 5.11 Å². The van der Waals surface area contributed by atoms with Crippen LogP contribution in [0.5, 0.6) is 0 Å². The Morgan fingerprint density at radius 1 is 1.65 bits per heavy atom. The molecule has 3 N–H and O–H groups in total. The molecule has 5 heteroatoms. The summed E-state index contributed by atoms with van der Waals surface area (Å²) >= 11 is 0. The summed E-state index contributed by atoms with van der Waals surface area (Å²) in [5, 5.41) is 21.7. The van der Waals surface area contributed by atoms with Crippen LogP contribution >= 0.6 is 0 Å². The van der Waals surface area contributed by atoms with Crippen molar-refractivity contribution in [1.29, 1.82) is 0 Å². The van der Waals surface area contributed by atoms with Gasteiger partial charge in [0.1, 0.15) is 5.56 Å². The topological polar surface area (TPSA) is 82.5 Å². The second-order valence-electron chi connectivity index (χ2n) is 4.46. The SMILES string of the molecule is Cc1cc(NCC(O)C2CC2)c(C(=O)O)cn1. The van der Waals surface area contributed by atoms with Crippen LogP contribution in [-0.2, 0) is 0 Å². The van der Waals surface area contributed by atoms with Gasteiger partial charge in [0.15, 0.2) is 0 Å². The molecule has 2 rings (SSSR count). The fraction of sp³-hybridized carbons (Fsp3) is 0.500. The number of rotatable bonds is 5. The number of aromatic carboxylic acids is 1. The molecule has 0 saturated heterocycles. The number of pyridine rings is 1. The van der Waals surface area contributed by atoms with Crippen LogP contribution in [0.15, 0.2) is 12.3 Å². The number of aryl methyl sites for hydroxylation is 1. The summed E-state index contributed by atoms with van der Waals surface area (Å²) in [4.78, 5) is 14.9. The Labute approximate surface area is 99.5 Å². The van der Waals surface area contributed by atoms with Crippen LogP contribution in [0.4, 0.5) is 5.69 Å². The lowest BCUT2D eigenvalue weighted by Gasteiger charge is -2.13. The van der Waals surface area contributed by atoms with E-state index in [1.807, 2.05) is 0 Å². The van der Waals surface area contributed by atoms with Gasteiger partial charge in [-0.25, -0.2) is 4.79 Å². The second-order valence-corrected chi connectivity index (χ2v) is 4.46. The first-order valence-electron chi connectivity index (χ1n) is 5.70. The van der Waals surface area contributed by atoms with E-state index in [-0.39, 0.29) is 5.56 Å². The number of hydrogen-bond acceptors (Lipinski definition) is 4. The second kappa shape index (κ2) is 4.71. The zero-order valence-corrected chi connectivity index (χ0v) is 9.68. The highest BCUT2D eigenvalue weighted by atomic mass is 16.4. The Morgan fingerprint density at radius 3 is 2.94 bits per heavy atom. The van der Waals surface area contributed by atoms with Gasteiger partial charge in [-0.3, -0.25) is 4.98 Å². The Hall–Kier alpha value is -1.62. The third kappa shape index (κ3) is 2.94. The number of nitrogens with one attached hydrogen (secondary N) is 1. The average molecular weight is 236 g/mol. The van der Waals surface area contributed by atoms with E-state index in [9.17, 15) is 9.90 Å². The molecule has 0 spiro atoms. The molecular formula is C12H16N2O3. The summed E-state index contributed by atoms with van der Waals surface area (Å²) in [7, 11) is 0. The van der Waals surface area contributed by atoms with Crippen LogP contribution in [0.3, 0.4) is 0 Å². The normalized spacial score (nSPS) is 16.6. The van der Waals surface area contributed by atoms with Crippen LogP contribution in [0.25, 0.3) is 0 Å². The van der Waals surface area contributed by atoms with Gasteiger partial charge < -0.3 is 15.5 Å². The maximum atomic E-state index is 11.0. The van der Waals surface area contributed by atoms with Crippen LogP contribution in [0.2, 0.25) is 0 Å². The van der Waals surface area contributed by atoms with E-state index in [0.29, 0.717) is 18.2 Å². The van der Waals surface area contributed by atoms with Crippen molar-refractivity contribution in [3.05, 3.63) is 23.5 Å². The summed E-state index contributed by atoms with van der Waals surface area (Å²) in [5.41, 5.74) is 1.40. The third-order valence-electron chi connectivity index (χ3n) is 2.94. The molecule has 0 radical (unpaired) electrons. The molecule has 1 fully saturated rings. The van der Waals surface area contributed by atoms with E-state index in [2.05, 4.69) is 10.3 Å². The maximum Gasteiger partial charge on any atom is 0.339 e. The van der Waals surface area contributed by atoms with Gasteiger partial charge in [-0.2, -0.15) is 0 Å². The van der Waals surface area contributed by atoms with E-state index in [0.717, 1.165) is 18.5 Å². The smallest absolute Gasteiger partial charge is 0.339 e. The third-order valence-corrected chi connectivity index (χ3v) is 2.94. The Morgan fingerprint density at radius 2 is 2.35 bits per heavy atom. The quantitative estimate of drug-likeness (QED) is 0.717. The van der Waals surface area contributed by atoms with Crippen molar-refractivity contribution in [2.24, 2.45) is 5.92 Å². The van der Waals surface area contributed by atoms with Crippen molar-refractivity contribution < 1.29 is 15.0 Å². The first-order valence-corrected chi connectivity index (χ1v) is 5.70. The molecule has 0 bridgehead atoms. The predicted octanol–water partition coefficient (Wildman–Crippen LogP) is 1.27. The van der Waals surface area contributed by atoms with E-state index in [1.165, 1.54) is 6.20 Å². The predicted molar refractivity (Wildman–Crippen MR) is 63.2 cm³/mol. The fourth-order valence-electron chi connectivity index (χ4n) is 1.74. The number of anilines is 1. The summed E-state index contributed by atoms with van der Waals surface area (Å²) < 4.78 is 0. The first-order chi connectivity index (χ1) is 8.08. The molecule has 0 aromatic carbocycles. The number of carboxylic acids is 1. The lowest BCUT2D eigenvalue weighted by atomic mass is 10.2. The molecule has 5 nitrogen and oxygen atoms in total. The molecule has 0 amide bonds. The van der Waals surface area contributed by atoms with Gasteiger partial charge in [0, 0.05) is 18.4 Å². The highest BCUT2D eigenvalue weighted by molar-refractivity contribution is 5.93. The van der Waals surface area contributed by atoms with Gasteiger partial charge in [0.05, 0.1) is 11.8 Å². The molecule has 1 aromatic heterocycles. The van der Waals surface area contributed by atoms with Gasteiger partial charge in [-0.05, 0) is 31.7 Å². The van der Waals surface area contributed by atoms with Gasteiger partial charge >= 0.3 is 5.97 Å². The lowest BCUT2D eigenvalue weighted by molar-refractivity contribution is 0.0697. The zero-order chi connectivity index (χ0) is 12.4. The fourth-order valence-corrected chi connectivity index (χ4v) is 1.74. The molecule has 1 heterocycles. The Bertz CT molecular complexity index is 430. The number of nitrogens with zero attached hydrogens (tertiary/aromatic N) is 1.